The summed E-state index contributed by atoms with van der Waals surface area (Å²) in [5, 5.41) is 14.3. The molecule has 8 heteroatoms. The van der Waals surface area contributed by atoms with Crippen molar-refractivity contribution < 1.29 is 24.2 Å². The quantitative estimate of drug-likeness (QED) is 0.270. The number of anilines is 1. The molecule has 200 valence electrons. The third-order valence-electron chi connectivity index (χ3n) is 6.52. The number of carboxylic acids is 1. The molecule has 4 aromatic carbocycles. The summed E-state index contributed by atoms with van der Waals surface area (Å²) in [7, 11) is 0. The lowest BCUT2D eigenvalue weighted by Gasteiger charge is -2.26. The third-order valence-corrected chi connectivity index (χ3v) is 7.52. The van der Waals surface area contributed by atoms with Gasteiger partial charge in [-0.3, -0.25) is 9.69 Å². The fourth-order valence-corrected chi connectivity index (χ4v) is 5.31. The number of fused-ring (bicyclic) bond motifs is 1. The molecule has 0 bridgehead atoms. The molecule has 0 aliphatic carbocycles. The Morgan fingerprint density at radius 2 is 1.64 bits per heavy atom. The maximum absolute atomic E-state index is 12.5. The normalized spacial score (nSPS) is 13.7. The first-order chi connectivity index (χ1) is 19.0. The van der Waals surface area contributed by atoms with Gasteiger partial charge >= 0.3 is 5.97 Å². The largest absolute Gasteiger partial charge is 0.492 e. The molecule has 0 saturated carbocycles. The van der Waals surface area contributed by atoms with Crippen LogP contribution in [0.2, 0.25) is 0 Å². The second kappa shape index (κ2) is 12.8. The maximum Gasteiger partial charge on any atom is 0.337 e. The van der Waals surface area contributed by atoms with Crippen molar-refractivity contribution in [3.63, 3.8) is 0 Å². The molecular formula is C31H30N2O5S. The van der Waals surface area contributed by atoms with Gasteiger partial charge in [0.25, 0.3) is 0 Å². The lowest BCUT2D eigenvalue weighted by Crippen LogP contribution is -2.38. The molecule has 0 spiro atoms. The van der Waals surface area contributed by atoms with Gasteiger partial charge in [0, 0.05) is 29.4 Å². The number of rotatable bonds is 10. The average molecular weight is 543 g/mol. The molecule has 4 aromatic rings. The second-order valence-electron chi connectivity index (χ2n) is 9.29. The van der Waals surface area contributed by atoms with Gasteiger partial charge in [-0.15, -0.1) is 0 Å². The Balaban J connectivity index is 1.17. The van der Waals surface area contributed by atoms with Crippen LogP contribution in [0.25, 0.3) is 10.8 Å². The predicted molar refractivity (Wildman–Crippen MR) is 153 cm³/mol. The molecule has 0 unspecified atom stereocenters. The summed E-state index contributed by atoms with van der Waals surface area (Å²) in [6.07, 6.45) is 0.156. The highest BCUT2D eigenvalue weighted by molar-refractivity contribution is 7.99. The Morgan fingerprint density at radius 3 is 2.44 bits per heavy atom. The van der Waals surface area contributed by atoms with E-state index in [-0.39, 0.29) is 17.9 Å². The number of carbonyl (C=O) groups is 2. The highest BCUT2D eigenvalue weighted by Crippen LogP contribution is 2.31. The van der Waals surface area contributed by atoms with Crippen molar-refractivity contribution in [1.29, 1.82) is 0 Å². The number of para-hydroxylation sites is 1. The summed E-state index contributed by atoms with van der Waals surface area (Å²) in [6.45, 7) is 5.03. The van der Waals surface area contributed by atoms with Crippen molar-refractivity contribution in [3.8, 4) is 5.75 Å². The number of ether oxygens (including phenoxy) is 2. The molecule has 5 rings (SSSR count). The van der Waals surface area contributed by atoms with E-state index in [1.807, 2.05) is 30.3 Å². The number of hydrogen-bond donors (Lipinski definition) is 2. The molecule has 1 amide bonds. The Bertz CT molecular complexity index is 1450. The van der Waals surface area contributed by atoms with Gasteiger partial charge in [-0.25, -0.2) is 4.79 Å². The van der Waals surface area contributed by atoms with Crippen LogP contribution in [0.5, 0.6) is 5.75 Å². The van der Waals surface area contributed by atoms with Gasteiger partial charge in [0.15, 0.2) is 0 Å². The second-order valence-corrected chi connectivity index (χ2v) is 10.4. The third kappa shape index (κ3) is 7.38. The van der Waals surface area contributed by atoms with Gasteiger partial charge in [0.2, 0.25) is 5.91 Å². The first-order valence-corrected chi connectivity index (χ1v) is 13.7. The Labute approximate surface area is 231 Å². The van der Waals surface area contributed by atoms with Crippen LogP contribution >= 0.6 is 11.8 Å². The summed E-state index contributed by atoms with van der Waals surface area (Å²) in [4.78, 5) is 28.4. The van der Waals surface area contributed by atoms with Crippen LogP contribution in [0.1, 0.15) is 15.9 Å². The van der Waals surface area contributed by atoms with E-state index in [0.717, 1.165) is 64.7 Å². The number of benzene rings is 4. The van der Waals surface area contributed by atoms with Gasteiger partial charge in [-0.1, -0.05) is 48.2 Å². The standard InChI is InChI=1S/C31H30N2O5S/c34-30(32-29-4-2-1-3-28(29)31(35)36)19-22-5-10-26(11-6-22)39-27-12-8-23-7-9-25(20-24(23)21-27)38-18-15-33-13-16-37-17-14-33/h1-12,20-21H,13-19H2,(H,32,34)(H,35,36). The molecule has 1 saturated heterocycles. The fraction of sp³-hybridized carbons (Fsp3) is 0.226. The molecule has 1 aliphatic rings. The van der Waals surface area contributed by atoms with E-state index in [4.69, 9.17) is 9.47 Å². The van der Waals surface area contributed by atoms with Crippen molar-refractivity contribution in [2.75, 3.05) is 44.8 Å². The molecule has 0 atom stereocenters. The number of carboxylic acid groups (broad SMARTS) is 1. The minimum absolute atomic E-state index is 0.0691. The Hall–Kier alpha value is -3.85. The summed E-state index contributed by atoms with van der Waals surface area (Å²) >= 11 is 1.66. The van der Waals surface area contributed by atoms with Crippen LogP contribution in [0.3, 0.4) is 0 Å². The number of carbonyl (C=O) groups excluding carboxylic acids is 1. The molecule has 1 aliphatic heterocycles. The molecule has 1 heterocycles. The maximum atomic E-state index is 12.5. The molecule has 0 aromatic heterocycles. The first-order valence-electron chi connectivity index (χ1n) is 12.9. The highest BCUT2D eigenvalue weighted by atomic mass is 32.2. The van der Waals surface area contributed by atoms with Gasteiger partial charge in [0.05, 0.1) is 30.9 Å². The van der Waals surface area contributed by atoms with Crippen LogP contribution in [0.15, 0.2) is 94.7 Å². The van der Waals surface area contributed by atoms with Gasteiger partial charge < -0.3 is 19.9 Å². The molecular weight excluding hydrogens is 512 g/mol. The summed E-state index contributed by atoms with van der Waals surface area (Å²) in [6, 6.07) is 26.8. The Kier molecular flexibility index (Phi) is 8.78. The van der Waals surface area contributed by atoms with Gasteiger partial charge in [0.1, 0.15) is 12.4 Å². The highest BCUT2D eigenvalue weighted by Gasteiger charge is 2.13. The molecule has 39 heavy (non-hydrogen) atoms. The Morgan fingerprint density at radius 1 is 0.897 bits per heavy atom. The van der Waals surface area contributed by atoms with E-state index in [0.29, 0.717) is 12.3 Å². The van der Waals surface area contributed by atoms with E-state index in [9.17, 15) is 14.7 Å². The summed E-state index contributed by atoms with van der Waals surface area (Å²) in [5.74, 6) is -0.471. The summed E-state index contributed by atoms with van der Waals surface area (Å²) in [5.41, 5.74) is 1.21. The number of nitrogens with one attached hydrogen (secondary N) is 1. The fourth-order valence-electron chi connectivity index (χ4n) is 4.44. The van der Waals surface area contributed by atoms with Gasteiger partial charge in [-0.2, -0.15) is 0 Å². The number of amides is 1. The lowest BCUT2D eigenvalue weighted by molar-refractivity contribution is -0.115. The van der Waals surface area contributed by atoms with Crippen molar-refractivity contribution in [2.45, 2.75) is 16.2 Å². The predicted octanol–water partition coefficient (Wildman–Crippen LogP) is 5.58. The lowest BCUT2D eigenvalue weighted by atomic mass is 10.1. The van der Waals surface area contributed by atoms with E-state index >= 15 is 0 Å². The molecule has 7 nitrogen and oxygen atoms in total. The van der Waals surface area contributed by atoms with Crippen molar-refractivity contribution in [3.05, 3.63) is 96.1 Å². The van der Waals surface area contributed by atoms with E-state index in [1.54, 1.807) is 30.0 Å². The molecule has 0 radical (unpaired) electrons. The van der Waals surface area contributed by atoms with Crippen LogP contribution in [0, 0.1) is 0 Å². The van der Waals surface area contributed by atoms with Gasteiger partial charge in [-0.05, 0) is 64.9 Å². The van der Waals surface area contributed by atoms with Crippen molar-refractivity contribution >= 4 is 40.1 Å². The topological polar surface area (TPSA) is 88.1 Å². The zero-order valence-electron chi connectivity index (χ0n) is 21.5. The zero-order chi connectivity index (χ0) is 27.0. The SMILES string of the molecule is O=C(Cc1ccc(Sc2ccc3ccc(OCCN4CCOCC4)cc3c2)cc1)Nc1ccccc1C(=O)O. The average Bonchev–Trinajstić information content (AvgIpc) is 2.95. The molecule has 1 fully saturated rings. The first kappa shape index (κ1) is 26.7. The smallest absolute Gasteiger partial charge is 0.337 e. The van der Waals surface area contributed by atoms with Crippen molar-refractivity contribution in [2.24, 2.45) is 0 Å². The van der Waals surface area contributed by atoms with E-state index < -0.39 is 5.97 Å². The molecule has 2 N–H and O–H groups in total. The number of nitrogens with zero attached hydrogens (tertiary/aromatic N) is 1. The van der Waals surface area contributed by atoms with Crippen molar-refractivity contribution in [1.82, 2.24) is 4.90 Å². The number of morpholine rings is 1. The van der Waals surface area contributed by atoms with Crippen LogP contribution in [0.4, 0.5) is 5.69 Å². The van der Waals surface area contributed by atoms with Crippen LogP contribution < -0.4 is 10.1 Å². The van der Waals surface area contributed by atoms with Crippen LogP contribution in [-0.4, -0.2) is 61.3 Å². The number of aromatic carboxylic acids is 1. The minimum atomic E-state index is -1.08. The summed E-state index contributed by atoms with van der Waals surface area (Å²) < 4.78 is 11.4. The number of hydrogen-bond acceptors (Lipinski definition) is 6. The zero-order valence-corrected chi connectivity index (χ0v) is 22.3. The minimum Gasteiger partial charge on any atom is -0.492 e. The monoisotopic (exact) mass is 542 g/mol. The van der Waals surface area contributed by atoms with E-state index in [1.165, 1.54) is 6.07 Å². The van der Waals surface area contributed by atoms with Crippen LogP contribution in [-0.2, 0) is 16.0 Å². The van der Waals surface area contributed by atoms with E-state index in [2.05, 4.69) is 40.5 Å².